The number of hydrogen-bond acceptors (Lipinski definition) is 4. The van der Waals surface area contributed by atoms with E-state index in [0.29, 0.717) is 17.7 Å². The van der Waals surface area contributed by atoms with Crippen LogP contribution in [0.25, 0.3) is 0 Å². The molecule has 5 nitrogen and oxygen atoms in total. The third-order valence-electron chi connectivity index (χ3n) is 3.88. The molecule has 1 aliphatic carbocycles. The highest BCUT2D eigenvalue weighted by Crippen LogP contribution is 2.31. The van der Waals surface area contributed by atoms with E-state index in [1.54, 1.807) is 13.2 Å². The Bertz CT molecular complexity index is 553. The second kappa shape index (κ2) is 6.61. The molecule has 0 saturated heterocycles. The molecule has 1 atom stereocenters. The molecule has 0 aliphatic heterocycles. The Kier molecular flexibility index (Phi) is 4.83. The number of rotatable bonds is 4. The van der Waals surface area contributed by atoms with Gasteiger partial charge in [-0.25, -0.2) is 4.79 Å². The number of benzene rings is 1. The van der Waals surface area contributed by atoms with E-state index in [9.17, 15) is 9.59 Å². The van der Waals surface area contributed by atoms with Crippen LogP contribution in [0.15, 0.2) is 12.1 Å². The highest BCUT2D eigenvalue weighted by molar-refractivity contribution is 5.94. The molecular formula is C16H21NO4. The molecule has 0 saturated carbocycles. The monoisotopic (exact) mass is 291 g/mol. The lowest BCUT2D eigenvalue weighted by Gasteiger charge is -2.27. The molecule has 21 heavy (non-hydrogen) atoms. The van der Waals surface area contributed by atoms with Crippen LogP contribution < -0.4 is 10.1 Å². The van der Waals surface area contributed by atoms with Crippen LogP contribution in [0.4, 0.5) is 0 Å². The van der Waals surface area contributed by atoms with Gasteiger partial charge in [-0.3, -0.25) is 4.79 Å². The first kappa shape index (κ1) is 15.4. The normalized spacial score (nSPS) is 16.8. The van der Waals surface area contributed by atoms with Crippen LogP contribution in [0.5, 0.6) is 5.75 Å². The maximum Gasteiger partial charge on any atom is 0.341 e. The zero-order chi connectivity index (χ0) is 15.4. The summed E-state index contributed by atoms with van der Waals surface area (Å²) in [5.74, 6) is 0.224. The lowest BCUT2D eigenvalue weighted by Crippen LogP contribution is -2.38. The van der Waals surface area contributed by atoms with Gasteiger partial charge in [0.15, 0.2) is 0 Å². The van der Waals surface area contributed by atoms with Crippen molar-refractivity contribution in [2.24, 2.45) is 0 Å². The molecule has 5 heteroatoms. The zero-order valence-electron chi connectivity index (χ0n) is 12.7. The summed E-state index contributed by atoms with van der Waals surface area (Å²) in [7, 11) is 2.91. The van der Waals surface area contributed by atoms with Crippen LogP contribution in [-0.2, 0) is 22.4 Å². The van der Waals surface area contributed by atoms with Crippen LogP contribution in [0.1, 0.15) is 41.3 Å². The Morgan fingerprint density at radius 2 is 2.10 bits per heavy atom. The predicted octanol–water partition coefficient (Wildman–Crippen LogP) is 1.87. The molecular weight excluding hydrogens is 270 g/mol. The van der Waals surface area contributed by atoms with Crippen LogP contribution in [0, 0.1) is 0 Å². The van der Waals surface area contributed by atoms with Crippen molar-refractivity contribution in [2.75, 3.05) is 14.2 Å². The maximum atomic E-state index is 12.0. The van der Waals surface area contributed by atoms with Gasteiger partial charge < -0.3 is 14.8 Å². The van der Waals surface area contributed by atoms with Gasteiger partial charge in [0.05, 0.1) is 14.2 Å². The number of hydrogen-bond donors (Lipinski definition) is 1. The molecule has 0 spiro atoms. The first-order valence-electron chi connectivity index (χ1n) is 7.17. The Labute approximate surface area is 124 Å². The molecule has 1 aromatic rings. The molecule has 0 aromatic heterocycles. The topological polar surface area (TPSA) is 64.6 Å². The minimum atomic E-state index is -0.375. The lowest BCUT2D eigenvalue weighted by atomic mass is 9.85. The quantitative estimate of drug-likeness (QED) is 0.860. The SMILES string of the molecule is CCC(=O)N[C@H]1CCc2c(ccc(OC)c2C(=O)OC)C1. The molecule has 114 valence electrons. The van der Waals surface area contributed by atoms with Crippen molar-refractivity contribution in [1.29, 1.82) is 0 Å². The van der Waals surface area contributed by atoms with Crippen molar-refractivity contribution in [3.8, 4) is 5.75 Å². The standard InChI is InChI=1S/C16H21NO4/c1-4-14(18)17-11-6-7-12-10(9-11)5-8-13(20-2)15(12)16(19)21-3/h5,8,11H,4,6-7,9H2,1-3H3,(H,17,18)/t11-/m0/s1. The summed E-state index contributed by atoms with van der Waals surface area (Å²) >= 11 is 0. The van der Waals surface area contributed by atoms with Crippen LogP contribution >= 0.6 is 0 Å². The average molecular weight is 291 g/mol. The van der Waals surface area contributed by atoms with Gasteiger partial charge in [0.25, 0.3) is 0 Å². The van der Waals surface area contributed by atoms with E-state index < -0.39 is 0 Å². The molecule has 1 amide bonds. The highest BCUT2D eigenvalue weighted by atomic mass is 16.5. The first-order chi connectivity index (χ1) is 10.1. The number of methoxy groups -OCH3 is 2. The van der Waals surface area contributed by atoms with E-state index in [2.05, 4.69) is 5.32 Å². The van der Waals surface area contributed by atoms with Crippen LogP contribution in [0.3, 0.4) is 0 Å². The predicted molar refractivity (Wildman–Crippen MR) is 78.6 cm³/mol. The van der Waals surface area contributed by atoms with Gasteiger partial charge in [-0.1, -0.05) is 13.0 Å². The number of carbonyl (C=O) groups excluding carboxylic acids is 2. The van der Waals surface area contributed by atoms with Crippen LogP contribution in [-0.4, -0.2) is 32.1 Å². The first-order valence-corrected chi connectivity index (χ1v) is 7.17. The Balaban J connectivity index is 2.30. The second-order valence-corrected chi connectivity index (χ2v) is 5.13. The van der Waals surface area contributed by atoms with Gasteiger partial charge in [-0.15, -0.1) is 0 Å². The molecule has 0 bridgehead atoms. The van der Waals surface area contributed by atoms with E-state index in [1.807, 2.05) is 13.0 Å². The fourth-order valence-electron chi connectivity index (χ4n) is 2.78. The van der Waals surface area contributed by atoms with E-state index in [0.717, 1.165) is 30.4 Å². The third-order valence-corrected chi connectivity index (χ3v) is 3.88. The van der Waals surface area contributed by atoms with Crippen molar-refractivity contribution in [3.63, 3.8) is 0 Å². The molecule has 0 fully saturated rings. The number of esters is 1. The van der Waals surface area contributed by atoms with Crippen LogP contribution in [0.2, 0.25) is 0 Å². The number of amides is 1. The fraction of sp³-hybridized carbons (Fsp3) is 0.500. The van der Waals surface area contributed by atoms with Gasteiger partial charge in [-0.2, -0.15) is 0 Å². The molecule has 0 radical (unpaired) electrons. The fourth-order valence-corrected chi connectivity index (χ4v) is 2.78. The summed E-state index contributed by atoms with van der Waals surface area (Å²) in [6.45, 7) is 1.84. The minimum Gasteiger partial charge on any atom is -0.496 e. The minimum absolute atomic E-state index is 0.0603. The van der Waals surface area contributed by atoms with Gasteiger partial charge in [0.2, 0.25) is 5.91 Å². The summed E-state index contributed by atoms with van der Waals surface area (Å²) in [6.07, 6.45) is 2.76. The van der Waals surface area contributed by atoms with Crippen molar-refractivity contribution < 1.29 is 19.1 Å². The van der Waals surface area contributed by atoms with Gasteiger partial charge in [-0.05, 0) is 36.5 Å². The molecule has 1 aliphatic rings. The average Bonchev–Trinajstić information content (AvgIpc) is 2.52. The molecule has 1 aromatic carbocycles. The number of nitrogens with one attached hydrogen (secondary N) is 1. The smallest absolute Gasteiger partial charge is 0.341 e. The Hall–Kier alpha value is -2.04. The molecule has 0 heterocycles. The molecule has 0 unspecified atom stereocenters. The third kappa shape index (κ3) is 3.17. The molecule has 2 rings (SSSR count). The van der Waals surface area contributed by atoms with E-state index in [1.165, 1.54) is 7.11 Å². The van der Waals surface area contributed by atoms with Gasteiger partial charge in [0, 0.05) is 12.5 Å². The van der Waals surface area contributed by atoms with E-state index in [4.69, 9.17) is 9.47 Å². The van der Waals surface area contributed by atoms with Crippen molar-refractivity contribution >= 4 is 11.9 Å². The lowest BCUT2D eigenvalue weighted by molar-refractivity contribution is -0.121. The van der Waals surface area contributed by atoms with Gasteiger partial charge >= 0.3 is 5.97 Å². The summed E-state index contributed by atoms with van der Waals surface area (Å²) in [5.41, 5.74) is 2.56. The second-order valence-electron chi connectivity index (χ2n) is 5.13. The van der Waals surface area contributed by atoms with Crippen molar-refractivity contribution in [2.45, 2.75) is 38.6 Å². The zero-order valence-corrected chi connectivity index (χ0v) is 12.7. The summed E-state index contributed by atoms with van der Waals surface area (Å²) < 4.78 is 10.1. The molecule has 1 N–H and O–H groups in total. The largest absolute Gasteiger partial charge is 0.496 e. The number of fused-ring (bicyclic) bond motifs is 1. The number of carbonyl (C=O) groups is 2. The summed E-state index contributed by atoms with van der Waals surface area (Å²) in [6, 6.07) is 3.88. The number of ether oxygens (including phenoxy) is 2. The highest BCUT2D eigenvalue weighted by Gasteiger charge is 2.27. The van der Waals surface area contributed by atoms with Gasteiger partial charge in [0.1, 0.15) is 11.3 Å². The van der Waals surface area contributed by atoms with E-state index in [-0.39, 0.29) is 17.9 Å². The van der Waals surface area contributed by atoms with E-state index >= 15 is 0 Å². The maximum absolute atomic E-state index is 12.0. The summed E-state index contributed by atoms with van der Waals surface area (Å²) in [5, 5.41) is 3.01. The Morgan fingerprint density at radius 1 is 1.33 bits per heavy atom. The van der Waals surface area contributed by atoms with Crippen molar-refractivity contribution in [1.82, 2.24) is 5.32 Å². The Morgan fingerprint density at radius 3 is 2.71 bits per heavy atom. The van der Waals surface area contributed by atoms with Crippen molar-refractivity contribution in [3.05, 3.63) is 28.8 Å². The summed E-state index contributed by atoms with van der Waals surface area (Å²) in [4.78, 5) is 23.5.